The van der Waals surface area contributed by atoms with Crippen LogP contribution in [0.2, 0.25) is 0 Å². The fourth-order valence-corrected chi connectivity index (χ4v) is 4.84. The molecule has 0 radical (unpaired) electrons. The molecule has 130 valence electrons. The maximum absolute atomic E-state index is 3.78. The third kappa shape index (κ3) is 1.68. The number of fused-ring (bicyclic) bond motifs is 11. The Morgan fingerprint density at radius 2 is 1.00 bits per heavy atom. The van der Waals surface area contributed by atoms with Crippen LogP contribution >= 0.6 is 0 Å². The molecule has 0 aliphatic rings. The zero-order valence-corrected chi connectivity index (χ0v) is 15.1. The number of para-hydroxylation sites is 1. The van der Waals surface area contributed by atoms with Gasteiger partial charge in [-0.15, -0.1) is 0 Å². The molecule has 0 spiro atoms. The van der Waals surface area contributed by atoms with Gasteiger partial charge in [0.1, 0.15) is 0 Å². The van der Waals surface area contributed by atoms with Crippen LogP contribution in [-0.4, -0.2) is 9.97 Å². The van der Waals surface area contributed by atoms with Gasteiger partial charge in [0.25, 0.3) is 0 Å². The van der Waals surface area contributed by atoms with Crippen molar-refractivity contribution in [3.8, 4) is 0 Å². The Morgan fingerprint density at radius 3 is 1.86 bits per heavy atom. The van der Waals surface area contributed by atoms with Crippen LogP contribution in [0.4, 0.5) is 0 Å². The van der Waals surface area contributed by atoms with Crippen LogP contribution in [0.25, 0.3) is 65.2 Å². The van der Waals surface area contributed by atoms with Gasteiger partial charge in [0.05, 0.1) is 16.6 Å². The molecule has 0 saturated carbocycles. The van der Waals surface area contributed by atoms with E-state index in [1.54, 1.807) is 0 Å². The van der Waals surface area contributed by atoms with E-state index in [4.69, 9.17) is 0 Å². The second-order valence-electron chi connectivity index (χ2n) is 7.58. The molecule has 28 heavy (non-hydrogen) atoms. The van der Waals surface area contributed by atoms with E-state index in [2.05, 4.69) is 94.9 Å². The molecule has 0 amide bonds. The van der Waals surface area contributed by atoms with Crippen molar-refractivity contribution in [2.45, 2.75) is 0 Å². The maximum Gasteiger partial charge on any atom is 0.0566 e. The average molecular weight is 356 g/mol. The van der Waals surface area contributed by atoms with Crippen LogP contribution in [0.1, 0.15) is 0 Å². The summed E-state index contributed by atoms with van der Waals surface area (Å²) in [6, 6.07) is 30.6. The summed E-state index contributed by atoms with van der Waals surface area (Å²) in [5, 5.41) is 10.2. The molecular formula is C26H16N2. The molecule has 2 N–H and O–H groups in total. The van der Waals surface area contributed by atoms with Gasteiger partial charge in [-0.1, -0.05) is 78.9 Å². The number of hydrogen-bond donors (Lipinski definition) is 2. The smallest absolute Gasteiger partial charge is 0.0566 e. The molecule has 0 aliphatic heterocycles. The number of hydrogen-bond acceptors (Lipinski definition) is 0. The van der Waals surface area contributed by atoms with Crippen molar-refractivity contribution < 1.29 is 0 Å². The highest BCUT2D eigenvalue weighted by Crippen LogP contribution is 2.38. The first-order valence-electron chi connectivity index (χ1n) is 9.64. The van der Waals surface area contributed by atoms with Crippen LogP contribution in [-0.2, 0) is 0 Å². The van der Waals surface area contributed by atoms with Gasteiger partial charge in [0, 0.05) is 37.8 Å². The lowest BCUT2D eigenvalue weighted by Crippen LogP contribution is -1.78. The minimum absolute atomic E-state index is 1.18. The van der Waals surface area contributed by atoms with E-state index >= 15 is 0 Å². The van der Waals surface area contributed by atoms with E-state index in [1.807, 2.05) is 0 Å². The molecule has 0 aliphatic carbocycles. The van der Waals surface area contributed by atoms with Crippen LogP contribution in [0.3, 0.4) is 0 Å². The van der Waals surface area contributed by atoms with E-state index in [0.717, 1.165) is 0 Å². The van der Waals surface area contributed by atoms with Crippen molar-refractivity contribution in [2.24, 2.45) is 0 Å². The predicted octanol–water partition coefficient (Wildman–Crippen LogP) is 7.26. The van der Waals surface area contributed by atoms with Gasteiger partial charge >= 0.3 is 0 Å². The number of rotatable bonds is 0. The number of benzene rings is 5. The van der Waals surface area contributed by atoms with Gasteiger partial charge in [-0.05, 0) is 16.8 Å². The first-order chi connectivity index (χ1) is 13.9. The van der Waals surface area contributed by atoms with Crippen molar-refractivity contribution in [1.29, 1.82) is 0 Å². The molecule has 7 aromatic rings. The lowest BCUT2D eigenvalue weighted by molar-refractivity contribution is 1.55. The number of aromatic amines is 2. The molecule has 5 aromatic carbocycles. The van der Waals surface area contributed by atoms with Gasteiger partial charge in [0.15, 0.2) is 0 Å². The molecule has 2 heteroatoms. The second-order valence-corrected chi connectivity index (χ2v) is 7.58. The monoisotopic (exact) mass is 356 g/mol. The van der Waals surface area contributed by atoms with Gasteiger partial charge in [0.2, 0.25) is 0 Å². The quantitative estimate of drug-likeness (QED) is 0.286. The largest absolute Gasteiger partial charge is 0.354 e. The topological polar surface area (TPSA) is 31.6 Å². The van der Waals surface area contributed by atoms with Crippen LogP contribution in [0, 0.1) is 0 Å². The van der Waals surface area contributed by atoms with Crippen LogP contribution < -0.4 is 0 Å². The molecule has 2 aromatic heterocycles. The van der Waals surface area contributed by atoms with Crippen molar-refractivity contribution in [1.82, 2.24) is 9.97 Å². The average Bonchev–Trinajstić information content (AvgIpc) is 3.32. The van der Waals surface area contributed by atoms with E-state index < -0.39 is 0 Å². The van der Waals surface area contributed by atoms with E-state index in [1.165, 1.54) is 65.2 Å². The minimum Gasteiger partial charge on any atom is -0.354 e. The molecule has 7 rings (SSSR count). The summed E-state index contributed by atoms with van der Waals surface area (Å²) in [6.45, 7) is 0. The number of nitrogens with one attached hydrogen (secondary N) is 2. The van der Waals surface area contributed by atoms with E-state index in [-0.39, 0.29) is 0 Å². The molecule has 0 unspecified atom stereocenters. The Morgan fingerprint density at radius 1 is 0.393 bits per heavy atom. The highest BCUT2D eigenvalue weighted by molar-refractivity contribution is 6.28. The summed E-state index contributed by atoms with van der Waals surface area (Å²) < 4.78 is 0. The summed E-state index contributed by atoms with van der Waals surface area (Å²) in [6.07, 6.45) is 0. The van der Waals surface area contributed by atoms with Crippen molar-refractivity contribution in [3.05, 3.63) is 84.9 Å². The van der Waals surface area contributed by atoms with Crippen molar-refractivity contribution >= 4 is 65.2 Å². The first kappa shape index (κ1) is 14.3. The standard InChI is InChI=1S/C26H16N2/c1-2-6-17-15(5-1)9-12-20-21-14-11-16-10-13-19-18-7-3-4-8-22(18)27-25(19)23(16)26(21)28-24(17)20/h1-14,27-28H. The fourth-order valence-electron chi connectivity index (χ4n) is 4.84. The zero-order chi connectivity index (χ0) is 18.2. The summed E-state index contributed by atoms with van der Waals surface area (Å²) in [5.41, 5.74) is 4.82. The molecule has 0 saturated heterocycles. The maximum atomic E-state index is 3.78. The molecule has 0 fully saturated rings. The highest BCUT2D eigenvalue weighted by Gasteiger charge is 2.14. The lowest BCUT2D eigenvalue weighted by atomic mass is 10.0. The number of aromatic nitrogens is 2. The van der Waals surface area contributed by atoms with Crippen molar-refractivity contribution in [2.75, 3.05) is 0 Å². The normalized spacial score (nSPS) is 12.3. The van der Waals surface area contributed by atoms with Gasteiger partial charge < -0.3 is 9.97 Å². The molecule has 0 atom stereocenters. The molecule has 2 heterocycles. The molecule has 2 nitrogen and oxygen atoms in total. The Balaban J connectivity index is 1.77. The Kier molecular flexibility index (Phi) is 2.52. The third-order valence-electron chi connectivity index (χ3n) is 6.13. The summed E-state index contributed by atoms with van der Waals surface area (Å²) in [4.78, 5) is 7.46. The molecular weight excluding hydrogens is 340 g/mol. The predicted molar refractivity (Wildman–Crippen MR) is 120 cm³/mol. The van der Waals surface area contributed by atoms with Gasteiger partial charge in [-0.25, -0.2) is 0 Å². The Hall–Kier alpha value is -3.78. The third-order valence-corrected chi connectivity index (χ3v) is 6.13. The van der Waals surface area contributed by atoms with Crippen LogP contribution in [0.5, 0.6) is 0 Å². The summed E-state index contributed by atoms with van der Waals surface area (Å²) in [7, 11) is 0. The minimum atomic E-state index is 1.18. The fraction of sp³-hybridized carbons (Fsp3) is 0. The van der Waals surface area contributed by atoms with Gasteiger partial charge in [-0.2, -0.15) is 0 Å². The number of H-pyrrole nitrogens is 2. The van der Waals surface area contributed by atoms with E-state index in [9.17, 15) is 0 Å². The van der Waals surface area contributed by atoms with Crippen molar-refractivity contribution in [3.63, 3.8) is 0 Å². The summed E-state index contributed by atoms with van der Waals surface area (Å²) >= 11 is 0. The SMILES string of the molecule is c1ccc2c(c1)ccc1c3ccc4ccc5c6ccccc6[nH]c5c4c3[nH]c21. The lowest BCUT2D eigenvalue weighted by Gasteiger charge is -2.02. The highest BCUT2D eigenvalue weighted by atomic mass is 14.7. The molecule has 0 bridgehead atoms. The van der Waals surface area contributed by atoms with E-state index in [0.29, 0.717) is 0 Å². The van der Waals surface area contributed by atoms with Gasteiger partial charge in [-0.3, -0.25) is 0 Å². The Labute approximate surface area is 160 Å². The summed E-state index contributed by atoms with van der Waals surface area (Å²) in [5.74, 6) is 0. The zero-order valence-electron chi connectivity index (χ0n) is 15.1. The first-order valence-corrected chi connectivity index (χ1v) is 9.64. The second kappa shape index (κ2) is 4.93. The van der Waals surface area contributed by atoms with Crippen LogP contribution in [0.15, 0.2) is 84.9 Å². The Bertz CT molecular complexity index is 1710.